The van der Waals surface area contributed by atoms with E-state index in [-0.39, 0.29) is 23.4 Å². The van der Waals surface area contributed by atoms with Crippen molar-refractivity contribution in [1.82, 2.24) is 20.6 Å². The van der Waals surface area contributed by atoms with E-state index in [1.165, 1.54) is 0 Å². The lowest BCUT2D eigenvalue weighted by molar-refractivity contribution is -0.137. The Bertz CT molecular complexity index is 1140. The monoisotopic (exact) mass is 404 g/mol. The van der Waals surface area contributed by atoms with E-state index in [1.807, 2.05) is 0 Å². The molecule has 0 fully saturated rings. The molecule has 7 nitrogen and oxygen atoms in total. The predicted octanol–water partition coefficient (Wildman–Crippen LogP) is 2.51. The van der Waals surface area contributed by atoms with Crippen LogP contribution in [-0.4, -0.2) is 21.6 Å². The highest BCUT2D eigenvalue weighted by atomic mass is 19.4. The van der Waals surface area contributed by atoms with Crippen LogP contribution in [-0.2, 0) is 12.7 Å². The summed E-state index contributed by atoms with van der Waals surface area (Å²) in [7, 11) is 0. The highest BCUT2D eigenvalue weighted by Gasteiger charge is 2.30. The average molecular weight is 404 g/mol. The molecule has 1 heterocycles. The topological polar surface area (TPSA) is 93.1 Å². The SMILES string of the molecule is CCn1nc(C(=O)NNC(=O)c2ccc(C(F)(F)F)cc2)c2ccccc2c1=O. The number of aryl methyl sites for hydroxylation is 1. The fourth-order valence-corrected chi connectivity index (χ4v) is 2.67. The summed E-state index contributed by atoms with van der Waals surface area (Å²) >= 11 is 0. The van der Waals surface area contributed by atoms with Crippen molar-refractivity contribution in [3.63, 3.8) is 0 Å². The molecular formula is C19H15F3N4O3. The van der Waals surface area contributed by atoms with Gasteiger partial charge in [0, 0.05) is 17.5 Å². The van der Waals surface area contributed by atoms with Gasteiger partial charge in [0.1, 0.15) is 0 Å². The van der Waals surface area contributed by atoms with Crippen LogP contribution in [0.4, 0.5) is 13.2 Å². The molecule has 2 N–H and O–H groups in total. The molecule has 0 saturated heterocycles. The lowest BCUT2D eigenvalue weighted by Gasteiger charge is -2.11. The lowest BCUT2D eigenvalue weighted by atomic mass is 10.1. The molecule has 0 aliphatic rings. The van der Waals surface area contributed by atoms with Crippen molar-refractivity contribution >= 4 is 22.6 Å². The smallest absolute Gasteiger partial charge is 0.267 e. The van der Waals surface area contributed by atoms with E-state index < -0.39 is 23.6 Å². The number of fused-ring (bicyclic) bond motifs is 1. The summed E-state index contributed by atoms with van der Waals surface area (Å²) in [6.45, 7) is 1.93. The first-order valence-electron chi connectivity index (χ1n) is 8.50. The molecule has 1 aromatic heterocycles. The van der Waals surface area contributed by atoms with Crippen LogP contribution >= 0.6 is 0 Å². The summed E-state index contributed by atoms with van der Waals surface area (Å²) in [4.78, 5) is 36.9. The van der Waals surface area contributed by atoms with Gasteiger partial charge >= 0.3 is 6.18 Å². The van der Waals surface area contributed by atoms with Gasteiger partial charge in [0.05, 0.1) is 10.9 Å². The van der Waals surface area contributed by atoms with Gasteiger partial charge in [0.25, 0.3) is 17.4 Å². The molecule has 0 unspecified atom stereocenters. The number of benzene rings is 2. The van der Waals surface area contributed by atoms with Crippen molar-refractivity contribution in [2.45, 2.75) is 19.6 Å². The van der Waals surface area contributed by atoms with Crippen molar-refractivity contribution in [2.75, 3.05) is 0 Å². The van der Waals surface area contributed by atoms with Crippen molar-refractivity contribution in [3.05, 3.63) is 75.7 Å². The molecular weight excluding hydrogens is 389 g/mol. The molecule has 0 saturated carbocycles. The molecule has 0 atom stereocenters. The van der Waals surface area contributed by atoms with Gasteiger partial charge < -0.3 is 0 Å². The standard InChI is InChI=1S/C19H15F3N4O3/c1-2-26-18(29)14-6-4-3-5-13(14)15(25-26)17(28)24-23-16(27)11-7-9-12(10-8-11)19(20,21)22/h3-10H,2H2,1H3,(H,23,27)(H,24,28). The van der Waals surface area contributed by atoms with Gasteiger partial charge in [-0.15, -0.1) is 0 Å². The fourth-order valence-electron chi connectivity index (χ4n) is 2.67. The zero-order chi connectivity index (χ0) is 21.2. The van der Waals surface area contributed by atoms with Gasteiger partial charge in [-0.1, -0.05) is 18.2 Å². The van der Waals surface area contributed by atoms with Gasteiger partial charge in [0.2, 0.25) is 0 Å². The van der Waals surface area contributed by atoms with Gasteiger partial charge in [-0.2, -0.15) is 18.3 Å². The third-order valence-electron chi connectivity index (χ3n) is 4.15. The Hall–Kier alpha value is -3.69. The van der Waals surface area contributed by atoms with Crippen molar-refractivity contribution < 1.29 is 22.8 Å². The zero-order valence-corrected chi connectivity index (χ0v) is 15.1. The van der Waals surface area contributed by atoms with Gasteiger partial charge in [-0.05, 0) is 37.3 Å². The molecule has 0 radical (unpaired) electrons. The number of aromatic nitrogens is 2. The fraction of sp³-hybridized carbons (Fsp3) is 0.158. The van der Waals surface area contributed by atoms with E-state index in [1.54, 1.807) is 31.2 Å². The number of halogens is 3. The van der Waals surface area contributed by atoms with Crippen molar-refractivity contribution in [3.8, 4) is 0 Å². The number of amides is 2. The summed E-state index contributed by atoms with van der Waals surface area (Å²) in [5.74, 6) is -1.58. The van der Waals surface area contributed by atoms with Crippen LogP contribution in [0.15, 0.2) is 53.3 Å². The van der Waals surface area contributed by atoms with Crippen LogP contribution in [0.1, 0.15) is 33.3 Å². The van der Waals surface area contributed by atoms with E-state index in [2.05, 4.69) is 16.0 Å². The molecule has 3 rings (SSSR count). The Kier molecular flexibility index (Phi) is 5.35. The molecule has 10 heteroatoms. The molecule has 3 aromatic rings. The third-order valence-corrected chi connectivity index (χ3v) is 4.15. The first-order chi connectivity index (χ1) is 13.7. The number of alkyl halides is 3. The maximum Gasteiger partial charge on any atom is 0.416 e. The van der Waals surface area contributed by atoms with E-state index in [4.69, 9.17) is 0 Å². The molecule has 0 aliphatic heterocycles. The molecule has 2 amide bonds. The van der Waals surface area contributed by atoms with Crippen LogP contribution in [0.25, 0.3) is 10.8 Å². The highest BCUT2D eigenvalue weighted by molar-refractivity contribution is 6.06. The Morgan fingerprint density at radius 3 is 2.14 bits per heavy atom. The van der Waals surface area contributed by atoms with E-state index in [0.717, 1.165) is 28.9 Å². The lowest BCUT2D eigenvalue weighted by Crippen LogP contribution is -2.42. The van der Waals surface area contributed by atoms with Crippen LogP contribution in [0, 0.1) is 0 Å². The minimum absolute atomic E-state index is 0.0743. The highest BCUT2D eigenvalue weighted by Crippen LogP contribution is 2.29. The van der Waals surface area contributed by atoms with Crippen LogP contribution in [0.2, 0.25) is 0 Å². The molecule has 2 aromatic carbocycles. The summed E-state index contributed by atoms with van der Waals surface area (Å²) < 4.78 is 38.9. The normalized spacial score (nSPS) is 11.3. The van der Waals surface area contributed by atoms with Crippen molar-refractivity contribution in [2.24, 2.45) is 0 Å². The number of hydrogen-bond donors (Lipinski definition) is 2. The Morgan fingerprint density at radius 2 is 1.55 bits per heavy atom. The minimum atomic E-state index is -4.52. The molecule has 29 heavy (non-hydrogen) atoms. The average Bonchev–Trinajstić information content (AvgIpc) is 2.71. The second-order valence-corrected chi connectivity index (χ2v) is 6.00. The third kappa shape index (κ3) is 4.10. The van der Waals surface area contributed by atoms with Crippen LogP contribution in [0.3, 0.4) is 0 Å². The Balaban J connectivity index is 1.80. The number of hydrazine groups is 1. The molecule has 150 valence electrons. The maximum absolute atomic E-state index is 12.6. The van der Waals surface area contributed by atoms with Gasteiger partial charge in [-0.25, -0.2) is 4.68 Å². The first kappa shape index (κ1) is 20.1. The Morgan fingerprint density at radius 1 is 0.966 bits per heavy atom. The Labute approximate surface area is 162 Å². The number of rotatable bonds is 3. The van der Waals surface area contributed by atoms with Crippen LogP contribution in [0.5, 0.6) is 0 Å². The minimum Gasteiger partial charge on any atom is -0.267 e. The maximum atomic E-state index is 12.6. The largest absolute Gasteiger partial charge is 0.416 e. The van der Waals surface area contributed by atoms with E-state index in [9.17, 15) is 27.6 Å². The summed E-state index contributed by atoms with van der Waals surface area (Å²) in [5.41, 5.74) is 2.90. The molecule has 0 bridgehead atoms. The summed E-state index contributed by atoms with van der Waals surface area (Å²) in [6, 6.07) is 9.92. The molecule has 0 spiro atoms. The second-order valence-electron chi connectivity index (χ2n) is 6.00. The number of hydrogen-bond acceptors (Lipinski definition) is 4. The van der Waals surface area contributed by atoms with Crippen molar-refractivity contribution in [1.29, 1.82) is 0 Å². The molecule has 0 aliphatic carbocycles. The summed E-state index contributed by atoms with van der Waals surface area (Å²) in [5, 5.41) is 4.63. The van der Waals surface area contributed by atoms with E-state index >= 15 is 0 Å². The van der Waals surface area contributed by atoms with Gasteiger partial charge in [-0.3, -0.25) is 25.2 Å². The number of carbonyl (C=O) groups excluding carboxylic acids is 2. The van der Waals surface area contributed by atoms with Crippen LogP contribution < -0.4 is 16.4 Å². The zero-order valence-electron chi connectivity index (χ0n) is 15.1. The summed E-state index contributed by atoms with van der Waals surface area (Å²) in [6.07, 6.45) is -4.52. The number of carbonyl (C=O) groups is 2. The predicted molar refractivity (Wildman–Crippen MR) is 98.1 cm³/mol. The second kappa shape index (κ2) is 7.74. The first-order valence-corrected chi connectivity index (χ1v) is 8.50. The number of nitrogens with one attached hydrogen (secondary N) is 2. The van der Waals surface area contributed by atoms with Gasteiger partial charge in [0.15, 0.2) is 5.69 Å². The van der Waals surface area contributed by atoms with E-state index in [0.29, 0.717) is 10.8 Å². The number of nitrogens with zero attached hydrogens (tertiary/aromatic N) is 2. The quantitative estimate of drug-likeness (QED) is 0.656.